The molecule has 0 unspecified atom stereocenters. The van der Waals surface area contributed by atoms with Crippen molar-refractivity contribution >= 4 is 17.3 Å². The first kappa shape index (κ1) is 23.1. The van der Waals surface area contributed by atoms with Crippen LogP contribution in [0.3, 0.4) is 0 Å². The second-order valence-corrected chi connectivity index (χ2v) is 8.78. The molecule has 1 fully saturated rings. The van der Waals surface area contributed by atoms with Crippen LogP contribution in [-0.2, 0) is 16.1 Å². The molecule has 2 aromatic carbocycles. The van der Waals surface area contributed by atoms with E-state index in [2.05, 4.69) is 15.0 Å². The zero-order valence-corrected chi connectivity index (χ0v) is 18.8. The fourth-order valence-electron chi connectivity index (χ4n) is 4.20. The first-order valence-corrected chi connectivity index (χ1v) is 11.4. The summed E-state index contributed by atoms with van der Waals surface area (Å²) in [6.45, 7) is 5.32. The van der Waals surface area contributed by atoms with Crippen molar-refractivity contribution in [3.63, 3.8) is 0 Å². The molecule has 0 radical (unpaired) electrons. The van der Waals surface area contributed by atoms with Gasteiger partial charge in [0.1, 0.15) is 11.9 Å². The molecule has 2 aliphatic rings. The predicted molar refractivity (Wildman–Crippen MR) is 122 cm³/mol. The molecule has 0 spiro atoms. The molecule has 1 N–H and O–H groups in total. The van der Waals surface area contributed by atoms with Crippen LogP contribution in [0.1, 0.15) is 17.5 Å². The average Bonchev–Trinajstić information content (AvgIpc) is 3.23. The van der Waals surface area contributed by atoms with E-state index >= 15 is 0 Å². The normalized spacial score (nSPS) is 20.2. The molecule has 2 aliphatic heterocycles. The van der Waals surface area contributed by atoms with E-state index in [1.54, 1.807) is 18.2 Å². The molecule has 172 valence electrons. The molecule has 1 saturated heterocycles. The Hall–Kier alpha value is -2.03. The Morgan fingerprint density at radius 2 is 2.00 bits per heavy atom. The Morgan fingerprint density at radius 1 is 1.19 bits per heavy atom. The van der Waals surface area contributed by atoms with Gasteiger partial charge in [-0.1, -0.05) is 47.1 Å². The Labute approximate surface area is 193 Å². The lowest BCUT2D eigenvalue weighted by molar-refractivity contribution is -0.00265. The van der Waals surface area contributed by atoms with Gasteiger partial charge in [-0.05, 0) is 23.8 Å². The summed E-state index contributed by atoms with van der Waals surface area (Å²) in [7, 11) is 0. The molecule has 2 heterocycles. The number of hydrogen-bond donors (Lipinski definition) is 1. The summed E-state index contributed by atoms with van der Waals surface area (Å²) in [4.78, 5) is 10.0. The quantitative estimate of drug-likeness (QED) is 0.621. The number of rotatable bonds is 9. The number of oxime groups is 1. The number of β-amino-alcohol motifs (C(OH)–C–C–N with tert-alkyl or cyclic N) is 1. The molecule has 0 bridgehead atoms. The van der Waals surface area contributed by atoms with Gasteiger partial charge in [0.25, 0.3) is 0 Å². The molecule has 0 saturated carbocycles. The third-order valence-corrected chi connectivity index (χ3v) is 5.95. The monoisotopic (exact) mass is 461 g/mol. The molecule has 0 amide bonds. The summed E-state index contributed by atoms with van der Waals surface area (Å²) in [5.74, 6) is -0.299. The van der Waals surface area contributed by atoms with Gasteiger partial charge in [0.2, 0.25) is 0 Å². The van der Waals surface area contributed by atoms with Gasteiger partial charge in [0, 0.05) is 56.3 Å². The standard InChI is InChI=1S/C24H29ClFN3O3/c25-19-5-3-4-18(12-19)14-29(16-20(30)15-28-8-10-31-11-9-28)17-21-13-24(27-32-21)22-6-1-2-7-23(22)26/h1-7,12,20-21,30H,8-11,13-17H2/t20-,21-/m1/s1. The van der Waals surface area contributed by atoms with Crippen LogP contribution in [0.5, 0.6) is 0 Å². The Bertz CT molecular complexity index is 923. The lowest BCUT2D eigenvalue weighted by Crippen LogP contribution is -2.45. The highest BCUT2D eigenvalue weighted by Gasteiger charge is 2.27. The number of hydrogen-bond acceptors (Lipinski definition) is 6. The van der Waals surface area contributed by atoms with Gasteiger partial charge >= 0.3 is 0 Å². The van der Waals surface area contributed by atoms with Crippen LogP contribution in [-0.4, -0.2) is 78.8 Å². The van der Waals surface area contributed by atoms with E-state index in [0.29, 0.717) is 62.1 Å². The van der Waals surface area contributed by atoms with Gasteiger partial charge in [-0.3, -0.25) is 9.80 Å². The maximum absolute atomic E-state index is 14.1. The van der Waals surface area contributed by atoms with Gasteiger partial charge in [-0.25, -0.2) is 4.39 Å². The second-order valence-electron chi connectivity index (χ2n) is 8.34. The fraction of sp³-hybridized carbons (Fsp3) is 0.458. The van der Waals surface area contributed by atoms with Crippen molar-refractivity contribution < 1.29 is 19.1 Å². The first-order chi connectivity index (χ1) is 15.6. The molecular weight excluding hydrogens is 433 g/mol. The number of aliphatic hydroxyl groups is 1. The molecule has 2 aromatic rings. The highest BCUT2D eigenvalue weighted by atomic mass is 35.5. The number of morpholine rings is 1. The van der Waals surface area contributed by atoms with Gasteiger partial charge in [0.15, 0.2) is 0 Å². The fourth-order valence-corrected chi connectivity index (χ4v) is 4.42. The molecule has 4 rings (SSSR count). The zero-order valence-electron chi connectivity index (χ0n) is 18.0. The maximum Gasteiger partial charge on any atom is 0.145 e. The SMILES string of the molecule is O[C@H](CN1CCOCC1)CN(Cc1cccc(Cl)c1)C[C@H]1CC(c2ccccc2F)=NO1. The molecule has 0 aliphatic carbocycles. The van der Waals surface area contributed by atoms with Crippen molar-refractivity contribution in [1.29, 1.82) is 0 Å². The van der Waals surface area contributed by atoms with Crippen molar-refractivity contribution in [1.82, 2.24) is 9.80 Å². The summed E-state index contributed by atoms with van der Waals surface area (Å²) in [6, 6.07) is 14.3. The van der Waals surface area contributed by atoms with Gasteiger partial charge in [-0.2, -0.15) is 0 Å². The molecule has 2 atom stereocenters. The van der Waals surface area contributed by atoms with Crippen molar-refractivity contribution in [3.8, 4) is 0 Å². The summed E-state index contributed by atoms with van der Waals surface area (Å²) in [5, 5.41) is 15.6. The summed E-state index contributed by atoms with van der Waals surface area (Å²) < 4.78 is 19.5. The Morgan fingerprint density at radius 3 is 2.78 bits per heavy atom. The van der Waals surface area contributed by atoms with E-state index in [-0.39, 0.29) is 11.9 Å². The van der Waals surface area contributed by atoms with Gasteiger partial charge in [-0.15, -0.1) is 0 Å². The lowest BCUT2D eigenvalue weighted by atomic mass is 10.0. The highest BCUT2D eigenvalue weighted by molar-refractivity contribution is 6.30. The zero-order chi connectivity index (χ0) is 22.3. The first-order valence-electron chi connectivity index (χ1n) is 11.0. The van der Waals surface area contributed by atoms with Crippen LogP contribution in [0.2, 0.25) is 5.02 Å². The summed E-state index contributed by atoms with van der Waals surface area (Å²) >= 11 is 6.17. The minimum absolute atomic E-state index is 0.209. The largest absolute Gasteiger partial charge is 0.390 e. The van der Waals surface area contributed by atoms with Crippen LogP contribution in [0.25, 0.3) is 0 Å². The molecule has 32 heavy (non-hydrogen) atoms. The van der Waals surface area contributed by atoms with Crippen molar-refractivity contribution in [3.05, 3.63) is 70.5 Å². The van der Waals surface area contributed by atoms with E-state index in [1.165, 1.54) is 6.07 Å². The van der Waals surface area contributed by atoms with Crippen molar-refractivity contribution in [2.24, 2.45) is 5.16 Å². The average molecular weight is 462 g/mol. The molecule has 0 aromatic heterocycles. The lowest BCUT2D eigenvalue weighted by Gasteiger charge is -2.31. The van der Waals surface area contributed by atoms with Crippen LogP contribution in [0.15, 0.2) is 53.7 Å². The van der Waals surface area contributed by atoms with Crippen LogP contribution >= 0.6 is 11.6 Å². The summed E-state index contributed by atoms with van der Waals surface area (Å²) in [5.41, 5.74) is 2.15. The van der Waals surface area contributed by atoms with E-state index in [4.69, 9.17) is 21.2 Å². The van der Waals surface area contributed by atoms with Gasteiger partial charge < -0.3 is 14.7 Å². The number of aliphatic hydroxyl groups excluding tert-OH is 1. The third kappa shape index (κ3) is 6.49. The maximum atomic E-state index is 14.1. The second kappa shape index (κ2) is 11.2. The van der Waals surface area contributed by atoms with Crippen LogP contribution < -0.4 is 0 Å². The van der Waals surface area contributed by atoms with E-state index < -0.39 is 6.10 Å². The molecule has 8 heteroatoms. The van der Waals surface area contributed by atoms with Crippen LogP contribution in [0.4, 0.5) is 4.39 Å². The molecular formula is C24H29ClFN3O3. The van der Waals surface area contributed by atoms with Crippen molar-refractivity contribution in [2.75, 3.05) is 45.9 Å². The van der Waals surface area contributed by atoms with Crippen molar-refractivity contribution in [2.45, 2.75) is 25.2 Å². The number of halogens is 2. The topological polar surface area (TPSA) is 57.5 Å². The van der Waals surface area contributed by atoms with E-state index in [1.807, 2.05) is 24.3 Å². The van der Waals surface area contributed by atoms with E-state index in [0.717, 1.165) is 18.7 Å². The minimum Gasteiger partial charge on any atom is -0.390 e. The number of ether oxygens (including phenoxy) is 1. The summed E-state index contributed by atoms with van der Waals surface area (Å²) in [6.07, 6.45) is -0.202. The number of benzene rings is 2. The van der Waals surface area contributed by atoms with Gasteiger partial charge in [0.05, 0.1) is 25.0 Å². The molecule has 6 nitrogen and oxygen atoms in total. The highest BCUT2D eigenvalue weighted by Crippen LogP contribution is 2.21. The van der Waals surface area contributed by atoms with E-state index in [9.17, 15) is 9.50 Å². The minimum atomic E-state index is -0.513. The number of nitrogens with zero attached hydrogens (tertiary/aromatic N) is 3. The predicted octanol–water partition coefficient (Wildman–Crippen LogP) is 3.17. The Balaban J connectivity index is 1.39. The Kier molecular flexibility index (Phi) is 8.10. The third-order valence-electron chi connectivity index (χ3n) is 5.72. The van der Waals surface area contributed by atoms with Crippen LogP contribution in [0, 0.1) is 5.82 Å². The smallest absolute Gasteiger partial charge is 0.145 e.